The minimum absolute atomic E-state index is 0.552. The second kappa shape index (κ2) is 8.82. The summed E-state index contributed by atoms with van der Waals surface area (Å²) in [6.07, 6.45) is 2.26. The van der Waals surface area contributed by atoms with Crippen LogP contribution in [-0.2, 0) is 11.3 Å². The Morgan fingerprint density at radius 3 is 2.45 bits per heavy atom. The molecule has 0 spiro atoms. The van der Waals surface area contributed by atoms with E-state index in [9.17, 15) is 0 Å². The van der Waals surface area contributed by atoms with Crippen molar-refractivity contribution in [2.75, 3.05) is 33.1 Å². The van der Waals surface area contributed by atoms with Gasteiger partial charge in [0.2, 0.25) is 0 Å². The van der Waals surface area contributed by atoms with Crippen molar-refractivity contribution in [1.29, 1.82) is 0 Å². The Hall–Kier alpha value is -1.26. The van der Waals surface area contributed by atoms with Gasteiger partial charge in [-0.3, -0.25) is 4.90 Å². The molecule has 0 aliphatic carbocycles. The predicted octanol–water partition coefficient (Wildman–Crippen LogP) is 2.91. The number of nitrogen functional groups attached to an aromatic ring is 1. The van der Waals surface area contributed by atoms with Crippen LogP contribution in [0.4, 0.5) is 5.69 Å². The van der Waals surface area contributed by atoms with Crippen molar-refractivity contribution in [3.05, 3.63) is 23.8 Å². The van der Waals surface area contributed by atoms with Crippen molar-refractivity contribution < 1.29 is 9.47 Å². The molecule has 0 saturated carbocycles. The van der Waals surface area contributed by atoms with Crippen LogP contribution in [0.2, 0.25) is 0 Å². The molecular weight excluding hydrogens is 252 g/mol. The fourth-order valence-electron chi connectivity index (χ4n) is 2.55. The SMILES string of the molecule is CCC(CC)N(CCOC)Cc1cc(N)ccc1OC. The Labute approximate surface area is 122 Å². The lowest BCUT2D eigenvalue weighted by molar-refractivity contribution is 0.109. The first kappa shape index (κ1) is 16.8. The van der Waals surface area contributed by atoms with E-state index in [4.69, 9.17) is 15.2 Å². The fraction of sp³-hybridized carbons (Fsp3) is 0.625. The maximum absolute atomic E-state index is 5.90. The van der Waals surface area contributed by atoms with Crippen LogP contribution in [0.3, 0.4) is 0 Å². The monoisotopic (exact) mass is 280 g/mol. The second-order valence-corrected chi connectivity index (χ2v) is 5.00. The molecular formula is C16H28N2O2. The van der Waals surface area contributed by atoms with Crippen molar-refractivity contribution in [2.24, 2.45) is 0 Å². The maximum Gasteiger partial charge on any atom is 0.123 e. The van der Waals surface area contributed by atoms with E-state index in [0.717, 1.165) is 49.5 Å². The lowest BCUT2D eigenvalue weighted by atomic mass is 10.1. The summed E-state index contributed by atoms with van der Waals surface area (Å²) in [7, 11) is 3.44. The molecule has 0 unspecified atom stereocenters. The summed E-state index contributed by atoms with van der Waals surface area (Å²) < 4.78 is 10.7. The van der Waals surface area contributed by atoms with Crippen LogP contribution >= 0.6 is 0 Å². The normalized spacial score (nSPS) is 11.3. The Morgan fingerprint density at radius 2 is 1.90 bits per heavy atom. The van der Waals surface area contributed by atoms with Gasteiger partial charge in [-0.15, -0.1) is 0 Å². The highest BCUT2D eigenvalue weighted by Crippen LogP contribution is 2.24. The van der Waals surface area contributed by atoms with E-state index < -0.39 is 0 Å². The zero-order valence-corrected chi connectivity index (χ0v) is 13.2. The van der Waals surface area contributed by atoms with Crippen LogP contribution in [0.1, 0.15) is 32.3 Å². The molecule has 4 heteroatoms. The summed E-state index contributed by atoms with van der Waals surface area (Å²) in [4.78, 5) is 2.45. The molecule has 0 bridgehead atoms. The van der Waals surface area contributed by atoms with Gasteiger partial charge < -0.3 is 15.2 Å². The van der Waals surface area contributed by atoms with Gasteiger partial charge in [-0.2, -0.15) is 0 Å². The summed E-state index contributed by atoms with van der Waals surface area (Å²) >= 11 is 0. The highest BCUT2D eigenvalue weighted by Gasteiger charge is 2.17. The molecule has 0 fully saturated rings. The molecule has 0 saturated heterocycles. The first-order valence-corrected chi connectivity index (χ1v) is 7.31. The molecule has 20 heavy (non-hydrogen) atoms. The van der Waals surface area contributed by atoms with Gasteiger partial charge in [0.05, 0.1) is 13.7 Å². The molecule has 0 heterocycles. The van der Waals surface area contributed by atoms with Gasteiger partial charge in [-0.25, -0.2) is 0 Å². The van der Waals surface area contributed by atoms with Crippen molar-refractivity contribution in [3.8, 4) is 5.75 Å². The van der Waals surface area contributed by atoms with Crippen LogP contribution in [0, 0.1) is 0 Å². The molecule has 0 amide bonds. The topological polar surface area (TPSA) is 47.7 Å². The third kappa shape index (κ3) is 4.69. The molecule has 1 rings (SSSR count). The molecule has 0 aliphatic rings. The van der Waals surface area contributed by atoms with Gasteiger partial charge >= 0.3 is 0 Å². The van der Waals surface area contributed by atoms with E-state index in [1.54, 1.807) is 14.2 Å². The minimum atomic E-state index is 0.552. The Balaban J connectivity index is 2.90. The lowest BCUT2D eigenvalue weighted by Crippen LogP contribution is -2.36. The zero-order valence-electron chi connectivity index (χ0n) is 13.2. The molecule has 0 radical (unpaired) electrons. The number of hydrogen-bond acceptors (Lipinski definition) is 4. The molecule has 1 aromatic rings. The number of nitrogens with zero attached hydrogens (tertiary/aromatic N) is 1. The van der Waals surface area contributed by atoms with Gasteiger partial charge in [-0.05, 0) is 31.0 Å². The number of benzene rings is 1. The average molecular weight is 280 g/mol. The Kier molecular flexibility index (Phi) is 7.41. The number of anilines is 1. The molecule has 0 aromatic heterocycles. The number of rotatable bonds is 9. The Bertz CT molecular complexity index is 392. The van der Waals surface area contributed by atoms with Crippen LogP contribution < -0.4 is 10.5 Å². The number of methoxy groups -OCH3 is 2. The van der Waals surface area contributed by atoms with Gasteiger partial charge in [0, 0.05) is 37.5 Å². The van der Waals surface area contributed by atoms with Crippen molar-refractivity contribution in [1.82, 2.24) is 4.90 Å². The highest BCUT2D eigenvalue weighted by molar-refractivity contribution is 5.47. The third-order valence-electron chi connectivity index (χ3n) is 3.72. The van der Waals surface area contributed by atoms with E-state index >= 15 is 0 Å². The van der Waals surface area contributed by atoms with Crippen LogP contribution in [-0.4, -0.2) is 38.3 Å². The van der Waals surface area contributed by atoms with Gasteiger partial charge in [-0.1, -0.05) is 13.8 Å². The fourth-order valence-corrected chi connectivity index (χ4v) is 2.55. The second-order valence-electron chi connectivity index (χ2n) is 5.00. The summed E-state index contributed by atoms with van der Waals surface area (Å²) in [6.45, 7) is 6.95. The highest BCUT2D eigenvalue weighted by atomic mass is 16.5. The van der Waals surface area contributed by atoms with Crippen molar-refractivity contribution >= 4 is 5.69 Å². The molecule has 2 N–H and O–H groups in total. The summed E-state index contributed by atoms with van der Waals surface area (Å²) in [5, 5.41) is 0. The minimum Gasteiger partial charge on any atom is -0.496 e. The van der Waals surface area contributed by atoms with Crippen LogP contribution in [0.25, 0.3) is 0 Å². The smallest absolute Gasteiger partial charge is 0.123 e. The first-order chi connectivity index (χ1) is 9.65. The third-order valence-corrected chi connectivity index (χ3v) is 3.72. The van der Waals surface area contributed by atoms with E-state index in [1.165, 1.54) is 0 Å². The molecule has 1 aromatic carbocycles. The Morgan fingerprint density at radius 1 is 1.20 bits per heavy atom. The van der Waals surface area contributed by atoms with E-state index in [0.29, 0.717) is 6.04 Å². The van der Waals surface area contributed by atoms with Gasteiger partial charge in [0.25, 0.3) is 0 Å². The van der Waals surface area contributed by atoms with Crippen LogP contribution in [0.15, 0.2) is 18.2 Å². The van der Waals surface area contributed by atoms with Gasteiger partial charge in [0.15, 0.2) is 0 Å². The molecule has 0 aliphatic heterocycles. The molecule has 4 nitrogen and oxygen atoms in total. The van der Waals surface area contributed by atoms with Crippen molar-refractivity contribution in [2.45, 2.75) is 39.3 Å². The average Bonchev–Trinajstić information content (AvgIpc) is 2.46. The van der Waals surface area contributed by atoms with Crippen LogP contribution in [0.5, 0.6) is 5.75 Å². The van der Waals surface area contributed by atoms with E-state index in [-0.39, 0.29) is 0 Å². The summed E-state index contributed by atoms with van der Waals surface area (Å²) in [5.41, 5.74) is 7.81. The van der Waals surface area contributed by atoms with Gasteiger partial charge in [0.1, 0.15) is 5.75 Å². The largest absolute Gasteiger partial charge is 0.496 e. The predicted molar refractivity (Wildman–Crippen MR) is 84.1 cm³/mol. The van der Waals surface area contributed by atoms with E-state index in [1.807, 2.05) is 18.2 Å². The molecule has 114 valence electrons. The quantitative estimate of drug-likeness (QED) is 0.707. The first-order valence-electron chi connectivity index (χ1n) is 7.31. The standard InChI is InChI=1S/C16H28N2O2/c1-5-15(6-2)18(9-10-19-3)12-13-11-14(17)7-8-16(13)20-4/h7-8,11,15H,5-6,9-10,12,17H2,1-4H3. The summed E-state index contributed by atoms with van der Waals surface area (Å²) in [5.74, 6) is 0.896. The van der Waals surface area contributed by atoms with E-state index in [2.05, 4.69) is 18.7 Å². The number of nitrogens with two attached hydrogens (primary N) is 1. The lowest BCUT2D eigenvalue weighted by Gasteiger charge is -2.30. The number of ether oxygens (including phenoxy) is 2. The zero-order chi connectivity index (χ0) is 15.0. The maximum atomic E-state index is 5.90. The molecule has 0 atom stereocenters. The van der Waals surface area contributed by atoms with Crippen molar-refractivity contribution in [3.63, 3.8) is 0 Å². The summed E-state index contributed by atoms with van der Waals surface area (Å²) in [6, 6.07) is 6.36. The number of hydrogen-bond donors (Lipinski definition) is 1.